The molecule has 0 radical (unpaired) electrons. The second-order valence-electron chi connectivity index (χ2n) is 4.26. The molecule has 2 saturated heterocycles. The van der Waals surface area contributed by atoms with Crippen molar-refractivity contribution in [2.24, 2.45) is 5.92 Å². The van der Waals surface area contributed by atoms with Crippen LogP contribution in [0.1, 0.15) is 12.8 Å². The monoisotopic (exact) mass is 262 g/mol. The van der Waals surface area contributed by atoms with E-state index in [0.717, 1.165) is 12.8 Å². The Balaban J connectivity index is 2.04. The number of hydrogen-bond acceptors (Lipinski definition) is 4. The van der Waals surface area contributed by atoms with E-state index >= 15 is 0 Å². The largest absolute Gasteiger partial charge is 0.457 e. The first-order valence-electron chi connectivity index (χ1n) is 4.78. The van der Waals surface area contributed by atoms with E-state index in [1.54, 1.807) is 0 Å². The Morgan fingerprint density at radius 3 is 2.86 bits per heavy atom. The zero-order chi connectivity index (χ0) is 9.97. The van der Waals surface area contributed by atoms with Crippen LogP contribution in [-0.4, -0.2) is 40.3 Å². The van der Waals surface area contributed by atoms with Crippen molar-refractivity contribution >= 4 is 21.9 Å². The van der Waals surface area contributed by atoms with Crippen LogP contribution in [0.2, 0.25) is 0 Å². The molecular weight excluding hydrogens is 252 g/mol. The summed E-state index contributed by atoms with van der Waals surface area (Å²) in [4.78, 5) is 11.5. The molecule has 4 nitrogen and oxygen atoms in total. The SMILES string of the molecule is O=C1O[C@@H]2CC[C@H](CBr)[C@]2(O)[C@]12CO2. The molecule has 0 aromatic heterocycles. The number of aliphatic hydroxyl groups is 1. The molecule has 3 rings (SSSR count). The summed E-state index contributed by atoms with van der Waals surface area (Å²) in [7, 11) is 0. The van der Waals surface area contributed by atoms with Crippen molar-refractivity contribution in [2.75, 3.05) is 11.9 Å². The maximum atomic E-state index is 11.5. The lowest BCUT2D eigenvalue weighted by molar-refractivity contribution is -0.145. The van der Waals surface area contributed by atoms with Gasteiger partial charge in [-0.1, -0.05) is 15.9 Å². The second-order valence-corrected chi connectivity index (χ2v) is 4.91. The number of esters is 1. The van der Waals surface area contributed by atoms with Crippen LogP contribution < -0.4 is 0 Å². The molecule has 0 aromatic rings. The fraction of sp³-hybridized carbons (Fsp3) is 0.889. The van der Waals surface area contributed by atoms with Crippen LogP contribution in [0.15, 0.2) is 0 Å². The minimum atomic E-state index is -1.09. The Kier molecular flexibility index (Phi) is 1.64. The maximum absolute atomic E-state index is 11.5. The quantitative estimate of drug-likeness (QED) is 0.417. The summed E-state index contributed by atoms with van der Waals surface area (Å²) < 4.78 is 10.3. The van der Waals surface area contributed by atoms with Crippen molar-refractivity contribution in [3.05, 3.63) is 0 Å². The number of halogens is 1. The van der Waals surface area contributed by atoms with Crippen LogP contribution in [-0.2, 0) is 14.3 Å². The van der Waals surface area contributed by atoms with Gasteiger partial charge in [0.15, 0.2) is 0 Å². The number of carbonyl (C=O) groups is 1. The summed E-state index contributed by atoms with van der Waals surface area (Å²) in [5.41, 5.74) is -2.11. The Hall–Kier alpha value is -0.130. The Morgan fingerprint density at radius 1 is 1.57 bits per heavy atom. The van der Waals surface area contributed by atoms with Crippen LogP contribution in [0.3, 0.4) is 0 Å². The summed E-state index contributed by atoms with van der Waals surface area (Å²) in [6.45, 7) is 0.308. The topological polar surface area (TPSA) is 59.1 Å². The third-order valence-corrected chi connectivity index (χ3v) is 4.52. The molecule has 0 amide bonds. The molecule has 3 aliphatic rings. The first-order valence-corrected chi connectivity index (χ1v) is 5.90. The Bertz CT molecular complexity index is 301. The first-order chi connectivity index (χ1) is 6.65. The zero-order valence-electron chi connectivity index (χ0n) is 7.53. The number of ether oxygens (including phenoxy) is 2. The number of rotatable bonds is 1. The number of hydrogen-bond donors (Lipinski definition) is 1. The van der Waals surface area contributed by atoms with Crippen molar-refractivity contribution in [2.45, 2.75) is 30.1 Å². The minimum Gasteiger partial charge on any atom is -0.457 e. The zero-order valence-corrected chi connectivity index (χ0v) is 9.12. The standard InChI is InChI=1S/C9H11BrO4/c10-3-5-1-2-6-9(5,12)8(4-13-8)7(11)14-6/h5-6,12H,1-4H2/t5-,6-,8+,9-/m1/s1. The van der Waals surface area contributed by atoms with Crippen LogP contribution >= 0.6 is 15.9 Å². The lowest BCUT2D eigenvalue weighted by atomic mass is 9.80. The van der Waals surface area contributed by atoms with Gasteiger partial charge in [0.25, 0.3) is 0 Å². The molecule has 0 unspecified atom stereocenters. The highest BCUT2D eigenvalue weighted by atomic mass is 79.9. The Labute approximate surface area is 89.7 Å². The molecule has 2 heterocycles. The Morgan fingerprint density at radius 2 is 2.29 bits per heavy atom. The third kappa shape index (κ3) is 0.763. The van der Waals surface area contributed by atoms with Crippen LogP contribution in [0.5, 0.6) is 0 Å². The molecule has 0 aromatic carbocycles. The van der Waals surface area contributed by atoms with Crippen molar-refractivity contribution < 1.29 is 19.4 Å². The molecule has 1 N–H and O–H groups in total. The van der Waals surface area contributed by atoms with Gasteiger partial charge in [-0.2, -0.15) is 0 Å². The molecule has 3 fully saturated rings. The lowest BCUT2D eigenvalue weighted by Crippen LogP contribution is -2.52. The van der Waals surface area contributed by atoms with Gasteiger partial charge in [0.1, 0.15) is 11.7 Å². The number of epoxide rings is 1. The number of carbonyl (C=O) groups excluding carboxylic acids is 1. The minimum absolute atomic E-state index is 0.0569. The lowest BCUT2D eigenvalue weighted by Gasteiger charge is -2.28. The van der Waals surface area contributed by atoms with E-state index in [-0.39, 0.29) is 18.0 Å². The molecule has 4 atom stereocenters. The molecule has 0 bridgehead atoms. The smallest absolute Gasteiger partial charge is 0.344 e. The third-order valence-electron chi connectivity index (χ3n) is 3.74. The van der Waals surface area contributed by atoms with Gasteiger partial charge >= 0.3 is 5.97 Å². The second kappa shape index (κ2) is 2.51. The average Bonchev–Trinajstić information content (AvgIpc) is 2.87. The highest BCUT2D eigenvalue weighted by Gasteiger charge is 2.79. The van der Waals surface area contributed by atoms with Gasteiger partial charge in [-0.15, -0.1) is 0 Å². The van der Waals surface area contributed by atoms with E-state index in [1.807, 2.05) is 0 Å². The summed E-state index contributed by atoms with van der Waals surface area (Å²) in [6, 6.07) is 0. The number of alkyl halides is 1. The van der Waals surface area contributed by atoms with E-state index in [9.17, 15) is 9.90 Å². The van der Waals surface area contributed by atoms with Crippen molar-refractivity contribution in [3.8, 4) is 0 Å². The molecule has 2 aliphatic heterocycles. The van der Waals surface area contributed by atoms with Gasteiger partial charge < -0.3 is 14.6 Å². The molecule has 78 valence electrons. The highest BCUT2D eigenvalue weighted by Crippen LogP contribution is 2.57. The van der Waals surface area contributed by atoms with E-state index in [1.165, 1.54) is 0 Å². The average molecular weight is 263 g/mol. The van der Waals surface area contributed by atoms with E-state index in [4.69, 9.17) is 9.47 Å². The highest BCUT2D eigenvalue weighted by molar-refractivity contribution is 9.09. The van der Waals surface area contributed by atoms with Crippen LogP contribution in [0.25, 0.3) is 0 Å². The van der Waals surface area contributed by atoms with Crippen LogP contribution in [0, 0.1) is 5.92 Å². The predicted octanol–water partition coefficient (Wildman–Crippen LogP) is 0.217. The summed E-state index contributed by atoms with van der Waals surface area (Å²) in [5, 5.41) is 11.2. The normalized spacial score (nSPS) is 54.9. The van der Waals surface area contributed by atoms with Gasteiger partial charge in [0.05, 0.1) is 6.61 Å². The summed E-state index contributed by atoms with van der Waals surface area (Å²) in [6.07, 6.45) is 1.26. The summed E-state index contributed by atoms with van der Waals surface area (Å²) in [5.74, 6) is -0.322. The fourth-order valence-electron chi connectivity index (χ4n) is 2.80. The van der Waals surface area contributed by atoms with Crippen molar-refractivity contribution in [1.82, 2.24) is 0 Å². The predicted molar refractivity (Wildman–Crippen MR) is 50.0 cm³/mol. The maximum Gasteiger partial charge on any atom is 0.344 e. The van der Waals surface area contributed by atoms with Gasteiger partial charge in [-0.3, -0.25) is 0 Å². The molecule has 1 aliphatic carbocycles. The molecule has 5 heteroatoms. The van der Waals surface area contributed by atoms with Crippen molar-refractivity contribution in [1.29, 1.82) is 0 Å². The van der Waals surface area contributed by atoms with Gasteiger partial charge in [-0.05, 0) is 12.8 Å². The summed E-state index contributed by atoms with van der Waals surface area (Å²) >= 11 is 3.36. The van der Waals surface area contributed by atoms with Gasteiger partial charge in [0.2, 0.25) is 5.60 Å². The molecule has 1 saturated carbocycles. The van der Waals surface area contributed by atoms with Crippen LogP contribution in [0.4, 0.5) is 0 Å². The molecule has 14 heavy (non-hydrogen) atoms. The van der Waals surface area contributed by atoms with E-state index in [0.29, 0.717) is 11.9 Å². The van der Waals surface area contributed by atoms with Crippen molar-refractivity contribution in [3.63, 3.8) is 0 Å². The van der Waals surface area contributed by atoms with E-state index < -0.39 is 11.2 Å². The first kappa shape index (κ1) is 9.12. The van der Waals surface area contributed by atoms with Gasteiger partial charge in [0, 0.05) is 11.2 Å². The molecule has 1 spiro atoms. The number of fused-ring (bicyclic) bond motifs is 2. The fourth-order valence-corrected chi connectivity index (χ4v) is 3.62. The molecular formula is C9H11BrO4. The van der Waals surface area contributed by atoms with E-state index in [2.05, 4.69) is 15.9 Å². The van der Waals surface area contributed by atoms with Gasteiger partial charge in [-0.25, -0.2) is 4.79 Å².